The monoisotopic (exact) mass is 568 g/mol. The van der Waals surface area contributed by atoms with Gasteiger partial charge in [0.25, 0.3) is 11.8 Å². The summed E-state index contributed by atoms with van der Waals surface area (Å²) in [5.74, 6) is -1.65. The summed E-state index contributed by atoms with van der Waals surface area (Å²) >= 11 is 0. The van der Waals surface area contributed by atoms with Gasteiger partial charge in [-0.05, 0) is 29.2 Å². The first-order chi connectivity index (χ1) is 20.1. The van der Waals surface area contributed by atoms with Crippen LogP contribution < -0.4 is 15.5 Å². The highest BCUT2D eigenvalue weighted by Gasteiger charge is 2.28. The van der Waals surface area contributed by atoms with Crippen LogP contribution in [0, 0.1) is 17.2 Å². The van der Waals surface area contributed by atoms with Crippen LogP contribution in [0.4, 0.5) is 5.69 Å². The first-order valence-electron chi connectivity index (χ1n) is 13.4. The van der Waals surface area contributed by atoms with Crippen molar-refractivity contribution >= 4 is 30.5 Å². The molecule has 0 aliphatic heterocycles. The van der Waals surface area contributed by atoms with E-state index in [1.165, 1.54) is 23.5 Å². The largest absolute Gasteiger partial charge is 0.453 e. The summed E-state index contributed by atoms with van der Waals surface area (Å²) in [5.41, 5.74) is 1.80. The van der Waals surface area contributed by atoms with E-state index in [9.17, 15) is 29.7 Å². The van der Waals surface area contributed by atoms with Gasteiger partial charge in [0.15, 0.2) is 0 Å². The fraction of sp³-hybridized carbons (Fsp3) is 0.267. The molecule has 216 valence electrons. The lowest BCUT2D eigenvalue weighted by molar-refractivity contribution is -0.123. The molecular formula is C30H33BN6O5. The zero-order valence-electron chi connectivity index (χ0n) is 23.6. The predicted molar refractivity (Wildman–Crippen MR) is 158 cm³/mol. The van der Waals surface area contributed by atoms with Crippen molar-refractivity contribution < 1.29 is 24.4 Å². The zero-order valence-corrected chi connectivity index (χ0v) is 23.6. The smallest absolute Gasteiger partial charge is 0.427 e. The number of aromatic nitrogens is 2. The van der Waals surface area contributed by atoms with Gasteiger partial charge in [0.2, 0.25) is 5.91 Å². The number of hydrogen-bond acceptors (Lipinski definition) is 8. The topological polar surface area (TPSA) is 169 Å². The minimum Gasteiger partial charge on any atom is -0.427 e. The Morgan fingerprint density at radius 1 is 1.07 bits per heavy atom. The normalized spacial score (nSPS) is 12.5. The number of nitrogens with one attached hydrogen (secondary N) is 2. The number of rotatable bonds is 12. The standard InChI is InChI=1S/C30H33BN6O5/c1-20(2)14-23(18-32)30(40)37(3)24-11-7-8-21(15-24)16-25(35-29(39)27-19-33-12-13-34-27)28(38)36-26(17-31(41)42)22-9-5-4-6-10-22/h4-15,19-20,25-26,41-42H,16-17H2,1-3H3,(H,35,39)(H,36,38)/t25-,26+/m0/s1. The average Bonchev–Trinajstić information content (AvgIpc) is 2.99. The number of likely N-dealkylation sites (N-methyl/N-ethyl adjacent to an activating group) is 1. The van der Waals surface area contributed by atoms with Gasteiger partial charge in [-0.25, -0.2) is 4.98 Å². The fourth-order valence-electron chi connectivity index (χ4n) is 4.22. The van der Waals surface area contributed by atoms with Gasteiger partial charge < -0.3 is 25.6 Å². The maximum absolute atomic E-state index is 13.6. The molecular weight excluding hydrogens is 535 g/mol. The van der Waals surface area contributed by atoms with E-state index in [-0.39, 0.29) is 29.9 Å². The van der Waals surface area contributed by atoms with Crippen LogP contribution in [-0.4, -0.2) is 57.9 Å². The molecule has 3 rings (SSSR count). The van der Waals surface area contributed by atoms with Gasteiger partial charge in [0.05, 0.1) is 12.2 Å². The molecule has 12 heteroatoms. The van der Waals surface area contributed by atoms with Gasteiger partial charge in [-0.15, -0.1) is 0 Å². The Balaban J connectivity index is 1.90. The molecule has 0 aliphatic rings. The third-order valence-corrected chi connectivity index (χ3v) is 6.28. The summed E-state index contributed by atoms with van der Waals surface area (Å²) in [7, 11) is -0.131. The number of benzene rings is 2. The lowest BCUT2D eigenvalue weighted by Gasteiger charge is -2.24. The number of nitrogens with zero attached hydrogens (tertiary/aromatic N) is 4. The third-order valence-electron chi connectivity index (χ3n) is 6.28. The molecule has 0 spiro atoms. The van der Waals surface area contributed by atoms with Gasteiger partial charge in [-0.2, -0.15) is 5.26 Å². The molecule has 0 bridgehead atoms. The second-order valence-corrected chi connectivity index (χ2v) is 9.98. The maximum atomic E-state index is 13.6. The van der Waals surface area contributed by atoms with E-state index in [1.807, 2.05) is 19.9 Å². The van der Waals surface area contributed by atoms with E-state index < -0.39 is 36.9 Å². The molecule has 0 saturated heterocycles. The Morgan fingerprint density at radius 3 is 2.43 bits per heavy atom. The summed E-state index contributed by atoms with van der Waals surface area (Å²) in [6, 6.07) is 15.8. The Morgan fingerprint density at radius 2 is 1.81 bits per heavy atom. The van der Waals surface area contributed by atoms with Crippen molar-refractivity contribution in [3.05, 3.63) is 102 Å². The lowest BCUT2D eigenvalue weighted by Crippen LogP contribution is -2.49. The van der Waals surface area contributed by atoms with E-state index in [4.69, 9.17) is 0 Å². The second-order valence-electron chi connectivity index (χ2n) is 9.98. The molecule has 2 aromatic carbocycles. The van der Waals surface area contributed by atoms with Gasteiger partial charge in [-0.3, -0.25) is 19.4 Å². The van der Waals surface area contributed by atoms with Crippen LogP contribution in [0.15, 0.2) is 84.8 Å². The van der Waals surface area contributed by atoms with Crippen molar-refractivity contribution in [3.8, 4) is 6.07 Å². The molecule has 42 heavy (non-hydrogen) atoms. The van der Waals surface area contributed by atoms with Crippen LogP contribution >= 0.6 is 0 Å². The van der Waals surface area contributed by atoms with E-state index in [0.717, 1.165) is 0 Å². The summed E-state index contributed by atoms with van der Waals surface area (Å²) in [6.45, 7) is 3.74. The van der Waals surface area contributed by atoms with Crippen molar-refractivity contribution in [3.63, 3.8) is 0 Å². The van der Waals surface area contributed by atoms with Gasteiger partial charge in [0.1, 0.15) is 23.4 Å². The van der Waals surface area contributed by atoms with Crippen LogP contribution in [0.2, 0.25) is 6.32 Å². The molecule has 0 radical (unpaired) electrons. The van der Waals surface area contributed by atoms with E-state index in [1.54, 1.807) is 67.7 Å². The quantitative estimate of drug-likeness (QED) is 0.147. The van der Waals surface area contributed by atoms with Gasteiger partial charge >= 0.3 is 7.12 Å². The van der Waals surface area contributed by atoms with Crippen molar-refractivity contribution in [2.45, 2.75) is 38.7 Å². The van der Waals surface area contributed by atoms with Crippen molar-refractivity contribution in [2.24, 2.45) is 5.92 Å². The van der Waals surface area contributed by atoms with Crippen molar-refractivity contribution in [1.29, 1.82) is 5.26 Å². The first kappa shape index (κ1) is 31.7. The van der Waals surface area contributed by atoms with E-state index >= 15 is 0 Å². The number of anilines is 1. The lowest BCUT2D eigenvalue weighted by atomic mass is 9.79. The number of carbonyl (C=O) groups excluding carboxylic acids is 3. The third kappa shape index (κ3) is 9.09. The molecule has 0 saturated carbocycles. The zero-order chi connectivity index (χ0) is 30.6. The number of amides is 3. The van der Waals surface area contributed by atoms with E-state index in [0.29, 0.717) is 16.8 Å². The summed E-state index contributed by atoms with van der Waals surface area (Å²) < 4.78 is 0. The van der Waals surface area contributed by atoms with Crippen LogP contribution in [0.3, 0.4) is 0 Å². The molecule has 0 fully saturated rings. The number of carbonyl (C=O) groups is 3. The van der Waals surface area contributed by atoms with Crippen molar-refractivity contribution in [2.75, 3.05) is 11.9 Å². The second kappa shape index (κ2) is 15.2. The van der Waals surface area contributed by atoms with Crippen LogP contribution in [0.25, 0.3) is 0 Å². The predicted octanol–water partition coefficient (Wildman–Crippen LogP) is 2.22. The van der Waals surface area contributed by atoms with Crippen LogP contribution in [0.1, 0.15) is 41.5 Å². The molecule has 0 aliphatic carbocycles. The highest BCUT2D eigenvalue weighted by molar-refractivity contribution is 6.41. The minimum absolute atomic E-state index is 0.00665. The minimum atomic E-state index is -1.68. The van der Waals surface area contributed by atoms with Crippen molar-refractivity contribution in [1.82, 2.24) is 20.6 Å². The maximum Gasteiger partial charge on any atom is 0.453 e. The molecule has 0 unspecified atom stereocenters. The van der Waals surface area contributed by atoms with Gasteiger partial charge in [-0.1, -0.05) is 62.4 Å². The Bertz CT molecular complexity index is 1440. The average molecular weight is 568 g/mol. The molecule has 1 aromatic heterocycles. The van der Waals surface area contributed by atoms with Crippen LogP contribution in [-0.2, 0) is 16.0 Å². The first-order valence-corrected chi connectivity index (χ1v) is 13.4. The number of nitriles is 1. The van der Waals surface area contributed by atoms with E-state index in [2.05, 4.69) is 20.6 Å². The molecule has 3 aromatic rings. The molecule has 2 atom stereocenters. The SMILES string of the molecule is CC(C)C=C(C#N)C(=O)N(C)c1cccc(C[C@H](NC(=O)c2cnccn2)C(=O)N[C@H](CB(O)O)c2ccccc2)c1. The summed E-state index contributed by atoms with van der Waals surface area (Å²) in [5, 5.41) is 34.3. The highest BCUT2D eigenvalue weighted by atomic mass is 16.4. The molecule has 11 nitrogen and oxygen atoms in total. The Labute approximate surface area is 245 Å². The Kier molecular flexibility index (Phi) is 11.5. The number of hydrogen-bond donors (Lipinski definition) is 4. The summed E-state index contributed by atoms with van der Waals surface area (Å²) in [6.07, 6.45) is 5.51. The Hall–Kier alpha value is -4.86. The highest BCUT2D eigenvalue weighted by Crippen LogP contribution is 2.21. The van der Waals surface area contributed by atoms with Crippen LogP contribution in [0.5, 0.6) is 0 Å². The number of allylic oxidation sites excluding steroid dienone is 1. The summed E-state index contributed by atoms with van der Waals surface area (Å²) in [4.78, 5) is 48.8. The van der Waals surface area contributed by atoms with Gasteiger partial charge in [0, 0.05) is 37.9 Å². The molecule has 1 heterocycles. The fourth-order valence-corrected chi connectivity index (χ4v) is 4.22. The molecule has 3 amide bonds. The molecule has 4 N–H and O–H groups in total.